The van der Waals surface area contributed by atoms with Crippen molar-refractivity contribution in [1.29, 1.82) is 0 Å². The van der Waals surface area contributed by atoms with Crippen LogP contribution in [0, 0.1) is 23.0 Å². The van der Waals surface area contributed by atoms with E-state index >= 15 is 0 Å². The average Bonchev–Trinajstić information content (AvgIpc) is 3.12. The van der Waals surface area contributed by atoms with E-state index in [4.69, 9.17) is 5.73 Å². The van der Waals surface area contributed by atoms with Gasteiger partial charge in [-0.15, -0.1) is 12.4 Å². The van der Waals surface area contributed by atoms with Crippen LogP contribution in [0.4, 0.5) is 5.82 Å². The molecule has 0 spiro atoms. The molecule has 1 atom stereocenters. The summed E-state index contributed by atoms with van der Waals surface area (Å²) in [4.78, 5) is 25.6. The molecule has 1 aliphatic carbocycles. The van der Waals surface area contributed by atoms with Crippen molar-refractivity contribution in [2.24, 2.45) is 11.7 Å². The number of amides is 1. The highest BCUT2D eigenvalue weighted by Crippen LogP contribution is 2.32. The molecule has 3 N–H and O–H groups in total. The Balaban J connectivity index is 0.00000200. The number of nitrogens with zero attached hydrogens (tertiary/aromatic N) is 3. The number of halogens is 1. The summed E-state index contributed by atoms with van der Waals surface area (Å²) in [6.45, 7) is 2.07. The number of aromatic nitrogens is 2. The van der Waals surface area contributed by atoms with Gasteiger partial charge in [0.1, 0.15) is 12.7 Å². The molecule has 0 aliphatic heterocycles. The van der Waals surface area contributed by atoms with Crippen molar-refractivity contribution in [1.82, 2.24) is 14.9 Å². The zero-order valence-corrected chi connectivity index (χ0v) is 11.9. The zero-order chi connectivity index (χ0) is 14.0. The van der Waals surface area contributed by atoms with E-state index in [1.54, 1.807) is 6.92 Å². The summed E-state index contributed by atoms with van der Waals surface area (Å²) in [6.07, 6.45) is 3.46. The van der Waals surface area contributed by atoms with Gasteiger partial charge in [0.15, 0.2) is 0 Å². The molecule has 1 aromatic heterocycles. The Bertz CT molecular complexity index is 500. The number of nitrogens with two attached hydrogens (primary N) is 1. The van der Waals surface area contributed by atoms with Gasteiger partial charge in [-0.05, 0) is 28.7 Å². The molecule has 0 aromatic carbocycles. The van der Waals surface area contributed by atoms with Gasteiger partial charge in [-0.2, -0.15) is 0 Å². The topological polar surface area (TPSA) is 116 Å². The molecule has 8 nitrogen and oxygen atoms in total. The lowest BCUT2D eigenvalue weighted by molar-refractivity contribution is -0.389. The van der Waals surface area contributed by atoms with Crippen molar-refractivity contribution >= 4 is 24.1 Å². The number of aryl methyl sites for hydroxylation is 1. The first kappa shape index (κ1) is 16.4. The van der Waals surface area contributed by atoms with Crippen molar-refractivity contribution in [2.75, 3.05) is 6.54 Å². The average molecular weight is 304 g/mol. The Hall–Kier alpha value is -1.67. The van der Waals surface area contributed by atoms with E-state index in [2.05, 4.69) is 10.3 Å². The fraction of sp³-hybridized carbons (Fsp3) is 0.636. The van der Waals surface area contributed by atoms with Gasteiger partial charge < -0.3 is 21.2 Å². The first-order valence-electron chi connectivity index (χ1n) is 6.19. The third-order valence-corrected chi connectivity index (χ3v) is 3.26. The van der Waals surface area contributed by atoms with Crippen LogP contribution in [-0.2, 0) is 11.3 Å². The molecule has 1 amide bonds. The van der Waals surface area contributed by atoms with Crippen LogP contribution >= 0.6 is 12.4 Å². The predicted octanol–water partition coefficient (Wildman–Crippen LogP) is 0.375. The lowest BCUT2D eigenvalue weighted by Crippen LogP contribution is -2.43. The summed E-state index contributed by atoms with van der Waals surface area (Å²) in [5.74, 6) is 0.477. The maximum atomic E-state index is 11.9. The minimum absolute atomic E-state index is 0. The summed E-state index contributed by atoms with van der Waals surface area (Å²) < 4.78 is 1.47. The minimum atomic E-state index is -0.575. The molecule has 0 radical (unpaired) electrons. The molecule has 0 bridgehead atoms. The standard InChI is InChI=1S/C11H17N5O3.ClH/c1-7-13-10(16(18)19)5-15(7)6-11(17)14-9(4-12)8-2-3-8;/h5,8-9H,2-4,6,12H2,1H3,(H,14,17);1H. The number of nitrogens with one attached hydrogen (secondary N) is 1. The summed E-state index contributed by atoms with van der Waals surface area (Å²) in [6, 6.07) is 0.00585. The number of hydrogen-bond donors (Lipinski definition) is 2. The number of rotatable bonds is 6. The van der Waals surface area contributed by atoms with Crippen LogP contribution in [0.1, 0.15) is 18.7 Å². The van der Waals surface area contributed by atoms with Gasteiger partial charge in [-0.1, -0.05) is 0 Å². The van der Waals surface area contributed by atoms with E-state index in [9.17, 15) is 14.9 Å². The van der Waals surface area contributed by atoms with Crippen LogP contribution in [0.2, 0.25) is 0 Å². The Morgan fingerprint density at radius 1 is 1.70 bits per heavy atom. The van der Waals surface area contributed by atoms with Crippen LogP contribution in [0.5, 0.6) is 0 Å². The summed E-state index contributed by atoms with van der Waals surface area (Å²) in [5, 5.41) is 13.4. The van der Waals surface area contributed by atoms with Crippen LogP contribution in [0.25, 0.3) is 0 Å². The molecule has 1 heterocycles. The second-order valence-electron chi connectivity index (χ2n) is 4.78. The molecule has 0 saturated heterocycles. The van der Waals surface area contributed by atoms with E-state index in [0.717, 1.165) is 12.8 Å². The molecular weight excluding hydrogens is 286 g/mol. The van der Waals surface area contributed by atoms with Crippen molar-refractivity contribution < 1.29 is 9.72 Å². The van der Waals surface area contributed by atoms with Crippen molar-refractivity contribution in [3.63, 3.8) is 0 Å². The molecule has 2 rings (SSSR count). The van der Waals surface area contributed by atoms with Crippen LogP contribution in [0.15, 0.2) is 6.20 Å². The van der Waals surface area contributed by atoms with E-state index in [-0.39, 0.29) is 36.7 Å². The highest BCUT2D eigenvalue weighted by atomic mass is 35.5. The second kappa shape index (κ2) is 6.67. The molecule has 9 heteroatoms. The maximum absolute atomic E-state index is 11.9. The maximum Gasteiger partial charge on any atom is 0.381 e. The van der Waals surface area contributed by atoms with Gasteiger partial charge in [0.2, 0.25) is 11.7 Å². The van der Waals surface area contributed by atoms with Crippen LogP contribution < -0.4 is 11.1 Å². The lowest BCUT2D eigenvalue weighted by atomic mass is 10.2. The zero-order valence-electron chi connectivity index (χ0n) is 11.1. The Labute approximate surface area is 122 Å². The number of carbonyl (C=O) groups is 1. The molecular formula is C11H18ClN5O3. The molecule has 112 valence electrons. The highest BCUT2D eigenvalue weighted by molar-refractivity contribution is 5.85. The number of imidazole rings is 1. The monoisotopic (exact) mass is 303 g/mol. The summed E-state index contributed by atoms with van der Waals surface area (Å²) in [5.41, 5.74) is 5.61. The van der Waals surface area contributed by atoms with Gasteiger partial charge in [0, 0.05) is 19.5 Å². The predicted molar refractivity (Wildman–Crippen MR) is 74.6 cm³/mol. The first-order valence-corrected chi connectivity index (χ1v) is 6.19. The number of carbonyl (C=O) groups excluding carboxylic acids is 1. The lowest BCUT2D eigenvalue weighted by Gasteiger charge is -2.16. The Morgan fingerprint density at radius 2 is 2.35 bits per heavy atom. The fourth-order valence-electron chi connectivity index (χ4n) is 2.01. The van der Waals surface area contributed by atoms with Gasteiger partial charge in [0.25, 0.3) is 0 Å². The van der Waals surface area contributed by atoms with Crippen molar-refractivity contribution in [3.8, 4) is 0 Å². The van der Waals surface area contributed by atoms with Gasteiger partial charge in [-0.3, -0.25) is 9.36 Å². The van der Waals surface area contributed by atoms with Gasteiger partial charge in [0.05, 0.1) is 0 Å². The second-order valence-corrected chi connectivity index (χ2v) is 4.78. The van der Waals surface area contributed by atoms with Crippen molar-refractivity contribution in [3.05, 3.63) is 22.1 Å². The smallest absolute Gasteiger partial charge is 0.358 e. The molecule has 1 saturated carbocycles. The SMILES string of the molecule is Cc1nc([N+](=O)[O-])cn1CC(=O)NC(CN)C1CC1.Cl. The normalized spacial score (nSPS) is 15.3. The van der Waals surface area contributed by atoms with Crippen molar-refractivity contribution in [2.45, 2.75) is 32.4 Å². The fourth-order valence-corrected chi connectivity index (χ4v) is 2.01. The molecule has 1 aliphatic rings. The first-order chi connectivity index (χ1) is 9.01. The largest absolute Gasteiger partial charge is 0.381 e. The van der Waals surface area contributed by atoms with E-state index in [0.29, 0.717) is 18.3 Å². The molecule has 1 fully saturated rings. The minimum Gasteiger partial charge on any atom is -0.358 e. The number of hydrogen-bond acceptors (Lipinski definition) is 5. The molecule has 1 aromatic rings. The third kappa shape index (κ3) is 3.91. The van der Waals surface area contributed by atoms with E-state index < -0.39 is 4.92 Å². The van der Waals surface area contributed by atoms with Crippen LogP contribution in [0.3, 0.4) is 0 Å². The summed E-state index contributed by atoms with van der Waals surface area (Å²) >= 11 is 0. The number of nitro groups is 1. The van der Waals surface area contributed by atoms with Gasteiger partial charge in [-0.25, -0.2) is 0 Å². The highest BCUT2D eigenvalue weighted by Gasteiger charge is 2.31. The Kier molecular flexibility index (Phi) is 5.46. The van der Waals surface area contributed by atoms with E-state index in [1.807, 2.05) is 0 Å². The van der Waals surface area contributed by atoms with Crippen LogP contribution in [-0.4, -0.2) is 33.0 Å². The molecule has 1 unspecified atom stereocenters. The third-order valence-electron chi connectivity index (χ3n) is 3.26. The summed E-state index contributed by atoms with van der Waals surface area (Å²) in [7, 11) is 0. The Morgan fingerprint density at radius 3 is 2.80 bits per heavy atom. The van der Waals surface area contributed by atoms with Gasteiger partial charge >= 0.3 is 5.82 Å². The molecule has 20 heavy (non-hydrogen) atoms. The quantitative estimate of drug-likeness (QED) is 0.582. The van der Waals surface area contributed by atoms with E-state index in [1.165, 1.54) is 10.8 Å².